The first-order valence-corrected chi connectivity index (χ1v) is 12.6. The number of halogens is 2. The second-order valence-corrected chi connectivity index (χ2v) is 10.4. The first-order valence-electron chi connectivity index (χ1n) is 11.1. The topological polar surface area (TPSA) is 84.2 Å². The third-order valence-corrected chi connectivity index (χ3v) is 8.42. The molecular formula is C23H24F2N4O4S. The van der Waals surface area contributed by atoms with Crippen molar-refractivity contribution < 1.29 is 26.7 Å². The van der Waals surface area contributed by atoms with E-state index in [2.05, 4.69) is 5.10 Å². The molecule has 0 N–H and O–H groups in total. The number of amides is 1. The van der Waals surface area contributed by atoms with Crippen molar-refractivity contribution in [2.24, 2.45) is 0 Å². The van der Waals surface area contributed by atoms with Gasteiger partial charge in [-0.05, 0) is 54.7 Å². The zero-order valence-corrected chi connectivity index (χ0v) is 19.2. The minimum absolute atomic E-state index is 0.0649. The summed E-state index contributed by atoms with van der Waals surface area (Å²) in [5.74, 6) is -1.79. The van der Waals surface area contributed by atoms with Gasteiger partial charge >= 0.3 is 0 Å². The number of hydrogen-bond donors (Lipinski definition) is 0. The predicted molar refractivity (Wildman–Crippen MR) is 119 cm³/mol. The summed E-state index contributed by atoms with van der Waals surface area (Å²) in [6.07, 6.45) is 4.41. The van der Waals surface area contributed by atoms with Gasteiger partial charge in [-0.3, -0.25) is 4.79 Å². The molecule has 11 heteroatoms. The molecule has 5 rings (SSSR count). The second kappa shape index (κ2) is 9.05. The minimum atomic E-state index is -4.13. The van der Waals surface area contributed by atoms with Crippen LogP contribution < -0.4 is 0 Å². The van der Waals surface area contributed by atoms with Crippen LogP contribution in [0.1, 0.15) is 34.7 Å². The summed E-state index contributed by atoms with van der Waals surface area (Å²) < 4.78 is 61.6. The monoisotopic (exact) mass is 490 g/mol. The van der Waals surface area contributed by atoms with Gasteiger partial charge in [0.25, 0.3) is 5.91 Å². The highest BCUT2D eigenvalue weighted by molar-refractivity contribution is 7.89. The number of fused-ring (bicyclic) bond motifs is 1. The Morgan fingerprint density at radius 1 is 1.03 bits per heavy atom. The van der Waals surface area contributed by atoms with Crippen molar-refractivity contribution in [3.63, 3.8) is 0 Å². The molecule has 2 aliphatic rings. The van der Waals surface area contributed by atoms with Gasteiger partial charge in [0.2, 0.25) is 10.0 Å². The van der Waals surface area contributed by atoms with Crippen LogP contribution in [0.15, 0.2) is 47.6 Å². The van der Waals surface area contributed by atoms with E-state index in [1.165, 1.54) is 4.31 Å². The number of benzene rings is 1. The molecule has 1 amide bonds. The largest absolute Gasteiger partial charge is 0.378 e. The molecule has 4 heterocycles. The normalized spacial score (nSPS) is 18.5. The highest BCUT2D eigenvalue weighted by Crippen LogP contribution is 2.32. The van der Waals surface area contributed by atoms with Gasteiger partial charge in [0.05, 0.1) is 30.5 Å². The van der Waals surface area contributed by atoms with E-state index in [1.54, 1.807) is 21.8 Å². The smallest absolute Gasteiger partial charge is 0.257 e. The van der Waals surface area contributed by atoms with Crippen molar-refractivity contribution in [1.82, 2.24) is 18.8 Å². The second-order valence-electron chi connectivity index (χ2n) is 8.51. The molecule has 2 saturated heterocycles. The van der Waals surface area contributed by atoms with Gasteiger partial charge < -0.3 is 9.64 Å². The molecule has 180 valence electrons. The van der Waals surface area contributed by atoms with Crippen LogP contribution >= 0.6 is 0 Å². The van der Waals surface area contributed by atoms with Crippen LogP contribution in [0.4, 0.5) is 8.78 Å². The van der Waals surface area contributed by atoms with E-state index in [1.807, 2.05) is 12.1 Å². The fourth-order valence-electron chi connectivity index (χ4n) is 4.60. The summed E-state index contributed by atoms with van der Waals surface area (Å²) in [6, 6.07) is 6.29. The third kappa shape index (κ3) is 4.19. The number of aromatic nitrogens is 2. The molecule has 8 nitrogen and oxygen atoms in total. The zero-order chi connectivity index (χ0) is 23.9. The molecule has 1 aromatic carbocycles. The Balaban J connectivity index is 1.34. The van der Waals surface area contributed by atoms with Gasteiger partial charge in [0.1, 0.15) is 16.5 Å². The Kier molecular flexibility index (Phi) is 6.09. The molecule has 2 aliphatic heterocycles. The summed E-state index contributed by atoms with van der Waals surface area (Å²) in [7, 11) is -4.13. The minimum Gasteiger partial charge on any atom is -0.378 e. The van der Waals surface area contributed by atoms with Crippen molar-refractivity contribution in [2.45, 2.75) is 23.7 Å². The summed E-state index contributed by atoms with van der Waals surface area (Å²) in [4.78, 5) is 14.1. The Labute approximate surface area is 195 Å². The molecule has 3 aromatic rings. The van der Waals surface area contributed by atoms with Crippen LogP contribution in [0.25, 0.3) is 5.52 Å². The highest BCUT2D eigenvalue weighted by atomic mass is 32.2. The van der Waals surface area contributed by atoms with Gasteiger partial charge in [0.15, 0.2) is 0 Å². The zero-order valence-electron chi connectivity index (χ0n) is 18.4. The lowest BCUT2D eigenvalue weighted by Gasteiger charge is -2.31. The number of morpholine rings is 1. The van der Waals surface area contributed by atoms with Gasteiger partial charge in [-0.1, -0.05) is 0 Å². The number of pyridine rings is 1. The quantitative estimate of drug-likeness (QED) is 0.562. The van der Waals surface area contributed by atoms with Gasteiger partial charge in [-0.2, -0.15) is 9.40 Å². The van der Waals surface area contributed by atoms with Crippen molar-refractivity contribution in [3.8, 4) is 0 Å². The van der Waals surface area contributed by atoms with Crippen LogP contribution in [0.2, 0.25) is 0 Å². The lowest BCUT2D eigenvalue weighted by Crippen LogP contribution is -2.40. The number of carbonyl (C=O) groups excluding carboxylic acids is 1. The number of carbonyl (C=O) groups is 1. The van der Waals surface area contributed by atoms with Crippen LogP contribution in [0.3, 0.4) is 0 Å². The van der Waals surface area contributed by atoms with Crippen LogP contribution in [-0.4, -0.2) is 72.5 Å². The van der Waals surface area contributed by atoms with E-state index in [-0.39, 0.29) is 24.9 Å². The molecule has 0 saturated carbocycles. The number of sulfonamides is 1. The average Bonchev–Trinajstić information content (AvgIpc) is 3.29. The lowest BCUT2D eigenvalue weighted by atomic mass is 9.90. The van der Waals surface area contributed by atoms with Crippen LogP contribution in [0, 0.1) is 11.6 Å². The molecule has 0 spiro atoms. The Morgan fingerprint density at radius 2 is 1.76 bits per heavy atom. The van der Waals surface area contributed by atoms with Crippen LogP contribution in [0.5, 0.6) is 0 Å². The molecular weight excluding hydrogens is 466 g/mol. The van der Waals surface area contributed by atoms with Crippen molar-refractivity contribution >= 4 is 21.4 Å². The van der Waals surface area contributed by atoms with E-state index in [0.717, 1.165) is 23.8 Å². The fraction of sp³-hybridized carbons (Fsp3) is 0.391. The average molecular weight is 491 g/mol. The standard InChI is InChI=1S/C23H24F2N4O4S/c24-18-1-2-20(25)22(14-18)34(31,32)28-6-3-16(4-7-28)17-5-8-29-21(13-17)19(15-26-29)23(30)27-9-11-33-12-10-27/h1-2,5,8,13-16H,3-4,6-7,9-12H2. The van der Waals surface area contributed by atoms with Gasteiger partial charge in [0, 0.05) is 32.4 Å². The van der Waals surface area contributed by atoms with Gasteiger partial charge in [-0.25, -0.2) is 21.7 Å². The molecule has 2 fully saturated rings. The summed E-state index contributed by atoms with van der Waals surface area (Å²) in [5, 5.41) is 4.30. The number of rotatable bonds is 4. The fourth-order valence-corrected chi connectivity index (χ4v) is 6.14. The number of hydrogen-bond acceptors (Lipinski definition) is 5. The maximum absolute atomic E-state index is 14.1. The van der Waals surface area contributed by atoms with Gasteiger partial charge in [-0.15, -0.1) is 0 Å². The molecule has 0 radical (unpaired) electrons. The molecule has 0 aliphatic carbocycles. The first kappa shape index (κ1) is 22.9. The number of piperidine rings is 1. The van der Waals surface area contributed by atoms with E-state index in [4.69, 9.17) is 4.74 Å². The third-order valence-electron chi connectivity index (χ3n) is 6.51. The molecule has 34 heavy (non-hydrogen) atoms. The maximum Gasteiger partial charge on any atom is 0.257 e. The van der Waals surface area contributed by atoms with Crippen molar-refractivity contribution in [1.29, 1.82) is 0 Å². The Morgan fingerprint density at radius 3 is 2.50 bits per heavy atom. The summed E-state index contributed by atoms with van der Waals surface area (Å²) in [6.45, 7) is 2.47. The summed E-state index contributed by atoms with van der Waals surface area (Å²) in [5.41, 5.74) is 2.20. The molecule has 0 unspecified atom stereocenters. The predicted octanol–water partition coefficient (Wildman–Crippen LogP) is 2.65. The SMILES string of the molecule is O=C(c1cnn2ccc(C3CCN(S(=O)(=O)c4cc(F)ccc4F)CC3)cc12)N1CCOCC1. The number of nitrogens with zero attached hydrogens (tertiary/aromatic N) is 4. The summed E-state index contributed by atoms with van der Waals surface area (Å²) >= 11 is 0. The van der Waals surface area contributed by atoms with Crippen molar-refractivity contribution in [2.75, 3.05) is 39.4 Å². The van der Waals surface area contributed by atoms with E-state index < -0.39 is 26.6 Å². The Hall–Kier alpha value is -2.89. The van der Waals surface area contributed by atoms with E-state index in [0.29, 0.717) is 50.2 Å². The highest BCUT2D eigenvalue weighted by Gasteiger charge is 2.32. The van der Waals surface area contributed by atoms with E-state index >= 15 is 0 Å². The molecule has 0 bridgehead atoms. The number of ether oxygens (including phenoxy) is 1. The molecule has 2 aromatic heterocycles. The molecule has 0 atom stereocenters. The Bertz CT molecular complexity index is 1330. The first-order chi connectivity index (χ1) is 16.3. The van der Waals surface area contributed by atoms with Crippen molar-refractivity contribution in [3.05, 3.63) is 65.5 Å². The van der Waals surface area contributed by atoms with E-state index in [9.17, 15) is 22.0 Å². The maximum atomic E-state index is 14.1. The van der Waals surface area contributed by atoms with Crippen LogP contribution in [-0.2, 0) is 14.8 Å². The lowest BCUT2D eigenvalue weighted by molar-refractivity contribution is 0.0304.